The summed E-state index contributed by atoms with van der Waals surface area (Å²) in [5.41, 5.74) is 1.32. The van der Waals surface area contributed by atoms with E-state index in [2.05, 4.69) is 0 Å². The van der Waals surface area contributed by atoms with E-state index >= 15 is 0 Å². The number of aliphatic hydroxyl groups excluding tert-OH is 1. The molecule has 3 heteroatoms. The van der Waals surface area contributed by atoms with Crippen LogP contribution in [0.4, 0.5) is 0 Å². The highest BCUT2D eigenvalue weighted by Gasteiger charge is 1.99. The topological polar surface area (TPSA) is 46.5 Å². The van der Waals surface area contributed by atoms with Crippen LogP contribution in [-0.2, 0) is 0 Å². The van der Waals surface area contributed by atoms with E-state index in [-0.39, 0.29) is 6.61 Å². The van der Waals surface area contributed by atoms with Gasteiger partial charge in [0.25, 0.3) is 0 Å². The Hall–Kier alpha value is -1.61. The van der Waals surface area contributed by atoms with Gasteiger partial charge in [-0.25, -0.2) is 0 Å². The first kappa shape index (κ1) is 10.5. The van der Waals surface area contributed by atoms with Gasteiger partial charge in [-0.05, 0) is 23.8 Å². The zero-order valence-corrected chi connectivity index (χ0v) is 7.93. The molecule has 0 aliphatic carbocycles. The standard InChI is InChI=1S/C11H12O3/c1-14-11-5-4-10(8-13)9(7-11)3-2-6-12/h2-5,7-8,12H,6H2,1H3. The number of aldehydes is 1. The summed E-state index contributed by atoms with van der Waals surface area (Å²) in [7, 11) is 1.56. The second kappa shape index (κ2) is 5.19. The monoisotopic (exact) mass is 192 g/mol. The van der Waals surface area contributed by atoms with Crippen molar-refractivity contribution < 1.29 is 14.6 Å². The van der Waals surface area contributed by atoms with Crippen molar-refractivity contribution in [1.82, 2.24) is 0 Å². The zero-order chi connectivity index (χ0) is 10.4. The lowest BCUT2D eigenvalue weighted by atomic mass is 10.1. The molecule has 0 aliphatic rings. The van der Waals surface area contributed by atoms with Crippen molar-refractivity contribution in [3.8, 4) is 5.75 Å². The molecule has 14 heavy (non-hydrogen) atoms. The van der Waals surface area contributed by atoms with Gasteiger partial charge in [0, 0.05) is 5.56 Å². The van der Waals surface area contributed by atoms with Crippen molar-refractivity contribution in [2.75, 3.05) is 13.7 Å². The number of methoxy groups -OCH3 is 1. The van der Waals surface area contributed by atoms with Crippen molar-refractivity contribution in [2.24, 2.45) is 0 Å². The van der Waals surface area contributed by atoms with Crippen LogP contribution in [0.5, 0.6) is 5.75 Å². The third-order valence-electron chi connectivity index (χ3n) is 1.82. The maximum absolute atomic E-state index is 10.7. The molecule has 0 aliphatic heterocycles. The Morgan fingerprint density at radius 3 is 2.79 bits per heavy atom. The van der Waals surface area contributed by atoms with Crippen LogP contribution in [0, 0.1) is 0 Å². The highest BCUT2D eigenvalue weighted by Crippen LogP contribution is 2.17. The summed E-state index contributed by atoms with van der Waals surface area (Å²) in [4.78, 5) is 10.7. The molecule has 1 aromatic carbocycles. The Morgan fingerprint density at radius 2 is 2.21 bits per heavy atom. The van der Waals surface area contributed by atoms with Crippen LogP contribution in [-0.4, -0.2) is 25.1 Å². The van der Waals surface area contributed by atoms with E-state index < -0.39 is 0 Å². The summed E-state index contributed by atoms with van der Waals surface area (Å²) in [6, 6.07) is 5.15. The average molecular weight is 192 g/mol. The lowest BCUT2D eigenvalue weighted by molar-refractivity contribution is 0.112. The molecule has 0 heterocycles. The first-order valence-electron chi connectivity index (χ1n) is 4.22. The van der Waals surface area contributed by atoms with Crippen molar-refractivity contribution >= 4 is 12.4 Å². The third-order valence-corrected chi connectivity index (χ3v) is 1.82. The molecule has 3 nitrogen and oxygen atoms in total. The largest absolute Gasteiger partial charge is 0.497 e. The minimum absolute atomic E-state index is 0.0461. The smallest absolute Gasteiger partial charge is 0.150 e. The number of ether oxygens (including phenoxy) is 1. The third kappa shape index (κ3) is 2.44. The fourth-order valence-electron chi connectivity index (χ4n) is 1.11. The zero-order valence-electron chi connectivity index (χ0n) is 7.93. The van der Waals surface area contributed by atoms with Crippen molar-refractivity contribution in [3.05, 3.63) is 35.4 Å². The van der Waals surface area contributed by atoms with Crippen LogP contribution < -0.4 is 4.74 Å². The maximum atomic E-state index is 10.7. The number of hydrogen-bond acceptors (Lipinski definition) is 3. The SMILES string of the molecule is COc1ccc(C=O)c(C=CCO)c1. The Morgan fingerprint density at radius 1 is 1.43 bits per heavy atom. The van der Waals surface area contributed by atoms with Gasteiger partial charge in [0.2, 0.25) is 0 Å². The van der Waals surface area contributed by atoms with Gasteiger partial charge >= 0.3 is 0 Å². The highest BCUT2D eigenvalue weighted by molar-refractivity contribution is 5.82. The molecule has 1 N–H and O–H groups in total. The molecule has 0 spiro atoms. The Balaban J connectivity index is 3.08. The minimum atomic E-state index is -0.0461. The number of carbonyl (C=O) groups excluding carboxylic acids is 1. The highest BCUT2D eigenvalue weighted by atomic mass is 16.5. The summed E-state index contributed by atoms with van der Waals surface area (Å²) in [5, 5.41) is 8.61. The molecule has 0 fully saturated rings. The first-order chi connectivity index (χ1) is 6.81. The molecular weight excluding hydrogens is 180 g/mol. The summed E-state index contributed by atoms with van der Waals surface area (Å²) >= 11 is 0. The number of benzene rings is 1. The van der Waals surface area contributed by atoms with E-state index in [0.29, 0.717) is 11.3 Å². The quantitative estimate of drug-likeness (QED) is 0.735. The summed E-state index contributed by atoms with van der Waals surface area (Å²) in [6.45, 7) is -0.0461. The Bertz CT molecular complexity index is 342. The van der Waals surface area contributed by atoms with Gasteiger partial charge < -0.3 is 9.84 Å². The van der Waals surface area contributed by atoms with Gasteiger partial charge in [0.15, 0.2) is 6.29 Å². The molecule has 0 aromatic heterocycles. The number of aliphatic hydroxyl groups is 1. The summed E-state index contributed by atoms with van der Waals surface area (Å²) in [5.74, 6) is 0.688. The lowest BCUT2D eigenvalue weighted by Gasteiger charge is -2.03. The van der Waals surface area contributed by atoms with Gasteiger partial charge in [-0.3, -0.25) is 4.79 Å². The van der Waals surface area contributed by atoms with Gasteiger partial charge in [0.1, 0.15) is 5.75 Å². The molecule has 1 aromatic rings. The van der Waals surface area contributed by atoms with Crippen LogP contribution in [0.2, 0.25) is 0 Å². The van der Waals surface area contributed by atoms with Crippen molar-refractivity contribution in [2.45, 2.75) is 0 Å². The van der Waals surface area contributed by atoms with E-state index in [9.17, 15) is 4.79 Å². The summed E-state index contributed by atoms with van der Waals surface area (Å²) < 4.78 is 5.02. The van der Waals surface area contributed by atoms with Gasteiger partial charge in [0.05, 0.1) is 13.7 Å². The van der Waals surface area contributed by atoms with Crippen LogP contribution >= 0.6 is 0 Å². The second-order valence-corrected chi connectivity index (χ2v) is 2.70. The Kier molecular flexibility index (Phi) is 3.88. The molecule has 0 amide bonds. The number of carbonyl (C=O) groups is 1. The average Bonchev–Trinajstić information content (AvgIpc) is 2.25. The van der Waals surface area contributed by atoms with E-state index in [4.69, 9.17) is 9.84 Å². The normalized spacial score (nSPS) is 10.4. The van der Waals surface area contributed by atoms with E-state index in [1.165, 1.54) is 0 Å². The molecule has 1 rings (SSSR count). The van der Waals surface area contributed by atoms with Crippen molar-refractivity contribution in [1.29, 1.82) is 0 Å². The van der Waals surface area contributed by atoms with Crippen molar-refractivity contribution in [3.63, 3.8) is 0 Å². The predicted molar refractivity (Wildman–Crippen MR) is 54.5 cm³/mol. The van der Waals surface area contributed by atoms with Gasteiger partial charge in [-0.2, -0.15) is 0 Å². The first-order valence-corrected chi connectivity index (χ1v) is 4.22. The van der Waals surface area contributed by atoms with Gasteiger partial charge in [-0.15, -0.1) is 0 Å². The van der Waals surface area contributed by atoms with E-state index in [1.54, 1.807) is 37.5 Å². The molecule has 0 atom stereocenters. The fourth-order valence-corrected chi connectivity index (χ4v) is 1.11. The number of hydrogen-bond donors (Lipinski definition) is 1. The van der Waals surface area contributed by atoms with Crippen LogP contribution in [0.1, 0.15) is 15.9 Å². The van der Waals surface area contributed by atoms with E-state index in [0.717, 1.165) is 11.8 Å². The molecule has 74 valence electrons. The maximum Gasteiger partial charge on any atom is 0.150 e. The van der Waals surface area contributed by atoms with Crippen LogP contribution in [0.25, 0.3) is 6.08 Å². The van der Waals surface area contributed by atoms with Gasteiger partial charge in [-0.1, -0.05) is 12.2 Å². The number of rotatable bonds is 4. The molecule has 0 unspecified atom stereocenters. The second-order valence-electron chi connectivity index (χ2n) is 2.70. The molecular formula is C11H12O3. The fraction of sp³-hybridized carbons (Fsp3) is 0.182. The van der Waals surface area contributed by atoms with Crippen LogP contribution in [0.15, 0.2) is 24.3 Å². The molecule has 0 bridgehead atoms. The summed E-state index contributed by atoms with van der Waals surface area (Å²) in [6.07, 6.45) is 4.03. The molecule has 0 saturated carbocycles. The van der Waals surface area contributed by atoms with Crippen LogP contribution in [0.3, 0.4) is 0 Å². The Labute approximate surface area is 82.6 Å². The minimum Gasteiger partial charge on any atom is -0.497 e. The lowest BCUT2D eigenvalue weighted by Crippen LogP contribution is -1.89. The molecule has 0 saturated heterocycles. The molecule has 0 radical (unpaired) electrons. The predicted octanol–water partition coefficient (Wildman–Crippen LogP) is 1.51. The van der Waals surface area contributed by atoms with E-state index in [1.807, 2.05) is 0 Å².